The van der Waals surface area contributed by atoms with Crippen LogP contribution in [-0.4, -0.2) is 14.8 Å². The molecule has 0 radical (unpaired) electrons. The second-order valence-corrected chi connectivity index (χ2v) is 4.06. The molecule has 5 heteroatoms. The summed E-state index contributed by atoms with van der Waals surface area (Å²) in [6.07, 6.45) is 3.54. The summed E-state index contributed by atoms with van der Waals surface area (Å²) in [6, 6.07) is 10.0. The lowest BCUT2D eigenvalue weighted by Crippen LogP contribution is -1.97. The summed E-state index contributed by atoms with van der Waals surface area (Å²) in [6.45, 7) is 2.06. The van der Waals surface area contributed by atoms with E-state index in [-0.39, 0.29) is 12.4 Å². The molecule has 0 fully saturated rings. The van der Waals surface area contributed by atoms with Crippen LogP contribution in [0, 0.1) is 6.92 Å². The summed E-state index contributed by atoms with van der Waals surface area (Å²) in [5.74, 6) is 0.506. The third-order valence-electron chi connectivity index (χ3n) is 2.72. The van der Waals surface area contributed by atoms with E-state index in [1.54, 1.807) is 12.4 Å². The van der Waals surface area contributed by atoms with E-state index in [4.69, 9.17) is 5.73 Å². The number of nitrogens with zero attached hydrogens (tertiary/aromatic N) is 3. The number of halogens is 1. The fourth-order valence-electron chi connectivity index (χ4n) is 1.90. The monoisotopic (exact) mass is 260 g/mol. The van der Waals surface area contributed by atoms with E-state index in [2.05, 4.69) is 29.1 Å². The third kappa shape index (κ3) is 2.02. The van der Waals surface area contributed by atoms with Crippen LogP contribution in [0.5, 0.6) is 0 Å². The number of aromatic nitrogens is 3. The lowest BCUT2D eigenvalue weighted by molar-refractivity contribution is 0.909. The molecule has 0 saturated heterocycles. The number of hydrogen-bond donors (Lipinski definition) is 1. The van der Waals surface area contributed by atoms with Gasteiger partial charge in [0.1, 0.15) is 5.82 Å². The number of fused-ring (bicyclic) bond motifs is 1. The number of pyridine rings is 1. The molecule has 3 aromatic rings. The molecule has 0 bridgehead atoms. The van der Waals surface area contributed by atoms with Gasteiger partial charge in [0, 0.05) is 17.6 Å². The number of hydrogen-bond acceptors (Lipinski definition) is 3. The second-order valence-electron chi connectivity index (χ2n) is 4.06. The summed E-state index contributed by atoms with van der Waals surface area (Å²) in [5.41, 5.74) is 8.92. The molecule has 92 valence electrons. The van der Waals surface area contributed by atoms with Gasteiger partial charge < -0.3 is 5.73 Å². The van der Waals surface area contributed by atoms with Crippen molar-refractivity contribution in [3.05, 3.63) is 48.3 Å². The average Bonchev–Trinajstić information content (AvgIpc) is 2.71. The Morgan fingerprint density at radius 2 is 2.00 bits per heavy atom. The summed E-state index contributed by atoms with van der Waals surface area (Å²) in [7, 11) is 0. The molecule has 2 N–H and O–H groups in total. The molecule has 0 unspecified atom stereocenters. The van der Waals surface area contributed by atoms with E-state index in [1.165, 1.54) is 5.56 Å². The number of benzene rings is 1. The minimum Gasteiger partial charge on any atom is -0.384 e. The molecule has 4 nitrogen and oxygen atoms in total. The van der Waals surface area contributed by atoms with Crippen LogP contribution in [0.2, 0.25) is 0 Å². The normalized spacial score (nSPS) is 10.3. The number of nitrogens with two attached hydrogens (primary N) is 1. The summed E-state index contributed by atoms with van der Waals surface area (Å²) in [5, 5.41) is 5.36. The van der Waals surface area contributed by atoms with Crippen LogP contribution in [0.15, 0.2) is 42.7 Å². The van der Waals surface area contributed by atoms with Crippen molar-refractivity contribution in [2.75, 3.05) is 5.73 Å². The van der Waals surface area contributed by atoms with E-state index in [0.29, 0.717) is 5.82 Å². The minimum atomic E-state index is 0. The first-order chi connectivity index (χ1) is 8.24. The fraction of sp³-hybridized carbons (Fsp3) is 0.0769. The van der Waals surface area contributed by atoms with Crippen molar-refractivity contribution >= 4 is 29.1 Å². The predicted octanol–water partition coefficient (Wildman–Crippen LogP) is 2.73. The molecule has 0 aliphatic carbocycles. The first-order valence-corrected chi connectivity index (χ1v) is 5.40. The standard InChI is InChI=1S/C13H12N4.ClH/c1-9-3-2-4-11(5-9)17-12-6-13(14)15-7-10(12)8-16-17;/h2-8H,1H3,(H2,14,15);1H. The van der Waals surface area contributed by atoms with Crippen molar-refractivity contribution in [1.29, 1.82) is 0 Å². The van der Waals surface area contributed by atoms with Gasteiger partial charge in [-0.2, -0.15) is 5.10 Å². The Bertz CT molecular complexity index is 690. The fourth-order valence-corrected chi connectivity index (χ4v) is 1.90. The van der Waals surface area contributed by atoms with Gasteiger partial charge in [0.2, 0.25) is 0 Å². The highest BCUT2D eigenvalue weighted by Crippen LogP contribution is 2.19. The Kier molecular flexibility index (Phi) is 3.21. The Morgan fingerprint density at radius 3 is 2.78 bits per heavy atom. The smallest absolute Gasteiger partial charge is 0.125 e. The molecule has 3 rings (SSSR count). The Labute approximate surface area is 111 Å². The second kappa shape index (κ2) is 4.66. The first kappa shape index (κ1) is 12.4. The van der Waals surface area contributed by atoms with Crippen molar-refractivity contribution in [3.8, 4) is 5.69 Å². The van der Waals surface area contributed by atoms with Crippen LogP contribution in [0.3, 0.4) is 0 Å². The SMILES string of the molecule is Cc1cccc(-n2ncc3cnc(N)cc32)c1.Cl. The van der Waals surface area contributed by atoms with Gasteiger partial charge in [0.15, 0.2) is 0 Å². The molecule has 1 aromatic carbocycles. The summed E-state index contributed by atoms with van der Waals surface area (Å²) < 4.78 is 1.88. The molecule has 18 heavy (non-hydrogen) atoms. The number of anilines is 1. The highest BCUT2D eigenvalue weighted by atomic mass is 35.5. The maximum atomic E-state index is 5.71. The quantitative estimate of drug-likeness (QED) is 0.732. The maximum absolute atomic E-state index is 5.71. The van der Waals surface area contributed by atoms with Gasteiger partial charge in [0.05, 0.1) is 17.4 Å². The lowest BCUT2D eigenvalue weighted by atomic mass is 10.2. The highest BCUT2D eigenvalue weighted by molar-refractivity contribution is 5.85. The molecular weight excluding hydrogens is 248 g/mol. The predicted molar refractivity (Wildman–Crippen MR) is 75.3 cm³/mol. The molecule has 2 aromatic heterocycles. The Balaban J connectivity index is 0.00000120. The molecule has 0 atom stereocenters. The minimum absolute atomic E-state index is 0. The highest BCUT2D eigenvalue weighted by Gasteiger charge is 2.05. The van der Waals surface area contributed by atoms with Gasteiger partial charge in [-0.15, -0.1) is 12.4 Å². The molecule has 0 aliphatic rings. The third-order valence-corrected chi connectivity index (χ3v) is 2.72. The van der Waals surface area contributed by atoms with Crippen molar-refractivity contribution in [2.24, 2.45) is 0 Å². The Hall–Kier alpha value is -2.07. The van der Waals surface area contributed by atoms with Crippen LogP contribution in [0.1, 0.15) is 5.56 Å². The van der Waals surface area contributed by atoms with Gasteiger partial charge >= 0.3 is 0 Å². The zero-order chi connectivity index (χ0) is 11.8. The van der Waals surface area contributed by atoms with Crippen LogP contribution in [0.25, 0.3) is 16.6 Å². The van der Waals surface area contributed by atoms with Crippen molar-refractivity contribution in [2.45, 2.75) is 6.92 Å². The van der Waals surface area contributed by atoms with Crippen LogP contribution in [0.4, 0.5) is 5.82 Å². The number of aryl methyl sites for hydroxylation is 1. The van der Waals surface area contributed by atoms with Crippen molar-refractivity contribution in [1.82, 2.24) is 14.8 Å². The topological polar surface area (TPSA) is 56.7 Å². The van der Waals surface area contributed by atoms with Gasteiger partial charge in [-0.25, -0.2) is 9.67 Å². The van der Waals surface area contributed by atoms with Crippen LogP contribution < -0.4 is 5.73 Å². The van der Waals surface area contributed by atoms with Crippen LogP contribution in [-0.2, 0) is 0 Å². The average molecular weight is 261 g/mol. The van der Waals surface area contributed by atoms with Gasteiger partial charge in [0.25, 0.3) is 0 Å². The van der Waals surface area contributed by atoms with E-state index < -0.39 is 0 Å². The lowest BCUT2D eigenvalue weighted by Gasteiger charge is -2.04. The zero-order valence-electron chi connectivity index (χ0n) is 9.87. The largest absolute Gasteiger partial charge is 0.384 e. The summed E-state index contributed by atoms with van der Waals surface area (Å²) in [4.78, 5) is 4.06. The molecule has 0 aliphatic heterocycles. The van der Waals surface area contributed by atoms with Gasteiger partial charge in [-0.3, -0.25) is 0 Å². The van der Waals surface area contributed by atoms with Crippen LogP contribution >= 0.6 is 12.4 Å². The summed E-state index contributed by atoms with van der Waals surface area (Å²) >= 11 is 0. The molecule has 0 amide bonds. The van der Waals surface area contributed by atoms with E-state index in [1.807, 2.05) is 22.9 Å². The molecular formula is C13H13ClN4. The van der Waals surface area contributed by atoms with Gasteiger partial charge in [-0.1, -0.05) is 12.1 Å². The molecule has 0 spiro atoms. The maximum Gasteiger partial charge on any atom is 0.125 e. The number of rotatable bonds is 1. The zero-order valence-corrected chi connectivity index (χ0v) is 10.7. The van der Waals surface area contributed by atoms with Crippen molar-refractivity contribution in [3.63, 3.8) is 0 Å². The molecule has 2 heterocycles. The van der Waals surface area contributed by atoms with E-state index in [0.717, 1.165) is 16.6 Å². The molecule has 0 saturated carbocycles. The van der Waals surface area contributed by atoms with Crippen molar-refractivity contribution < 1.29 is 0 Å². The number of nitrogen functional groups attached to an aromatic ring is 1. The first-order valence-electron chi connectivity index (χ1n) is 5.40. The van der Waals surface area contributed by atoms with E-state index >= 15 is 0 Å². The van der Waals surface area contributed by atoms with E-state index in [9.17, 15) is 0 Å². The Morgan fingerprint density at radius 1 is 1.17 bits per heavy atom. The van der Waals surface area contributed by atoms with Gasteiger partial charge in [-0.05, 0) is 24.6 Å².